The minimum absolute atomic E-state index is 0.245. The second-order valence-corrected chi connectivity index (χ2v) is 5.58. The smallest absolute Gasteiger partial charge is 0.319 e. The van der Waals surface area contributed by atoms with Gasteiger partial charge in [0.2, 0.25) is 0 Å². The van der Waals surface area contributed by atoms with E-state index in [0.717, 1.165) is 11.6 Å². The molecule has 0 radical (unpaired) electrons. The van der Waals surface area contributed by atoms with Crippen molar-refractivity contribution in [3.8, 4) is 5.82 Å². The second kappa shape index (κ2) is 5.32. The molecule has 0 unspecified atom stereocenters. The van der Waals surface area contributed by atoms with E-state index in [1.165, 1.54) is 0 Å². The Balaban J connectivity index is 2.06. The van der Waals surface area contributed by atoms with Gasteiger partial charge in [0.25, 0.3) is 0 Å². The number of imidazole rings is 1. The molecule has 6 heteroatoms. The molecular weight excluding hydrogens is 254 g/mol. The Morgan fingerprint density at radius 3 is 2.50 bits per heavy atom. The Bertz CT molecular complexity index is 595. The van der Waals surface area contributed by atoms with Crippen LogP contribution in [0, 0.1) is 6.92 Å². The summed E-state index contributed by atoms with van der Waals surface area (Å²) in [5.74, 6) is 1.63. The van der Waals surface area contributed by atoms with Crippen LogP contribution in [0.3, 0.4) is 0 Å². The van der Waals surface area contributed by atoms with Gasteiger partial charge in [-0.1, -0.05) is 0 Å². The van der Waals surface area contributed by atoms with E-state index in [9.17, 15) is 4.79 Å². The van der Waals surface area contributed by atoms with Crippen molar-refractivity contribution in [2.75, 3.05) is 5.32 Å². The normalized spacial score (nSPS) is 11.2. The molecule has 0 saturated carbocycles. The zero-order valence-corrected chi connectivity index (χ0v) is 12.1. The van der Waals surface area contributed by atoms with Crippen LogP contribution in [0.1, 0.15) is 26.6 Å². The minimum Gasteiger partial charge on any atom is -0.333 e. The van der Waals surface area contributed by atoms with Crippen LogP contribution in [-0.2, 0) is 0 Å². The zero-order chi connectivity index (χ0) is 14.8. The Morgan fingerprint density at radius 1 is 1.25 bits per heavy atom. The number of carbonyl (C=O) groups is 1. The molecule has 20 heavy (non-hydrogen) atoms. The lowest BCUT2D eigenvalue weighted by atomic mass is 10.1. The number of aromatic nitrogens is 3. The van der Waals surface area contributed by atoms with E-state index in [2.05, 4.69) is 20.6 Å². The van der Waals surface area contributed by atoms with Gasteiger partial charge in [-0.15, -0.1) is 0 Å². The van der Waals surface area contributed by atoms with Gasteiger partial charge in [-0.3, -0.25) is 4.57 Å². The molecule has 106 valence electrons. The van der Waals surface area contributed by atoms with Crippen molar-refractivity contribution in [3.05, 3.63) is 36.5 Å². The standard InChI is InChI=1S/C14H19N5O/c1-10-15-7-8-19(10)12-6-5-11(9-16-12)17-13(20)18-14(2,3)4/h5-9H,1-4H3,(H2,17,18,20). The fourth-order valence-corrected chi connectivity index (χ4v) is 1.73. The molecule has 0 fully saturated rings. The van der Waals surface area contributed by atoms with Gasteiger partial charge in [0, 0.05) is 17.9 Å². The van der Waals surface area contributed by atoms with Gasteiger partial charge in [0.1, 0.15) is 11.6 Å². The molecule has 0 bridgehead atoms. The predicted molar refractivity (Wildman–Crippen MR) is 78.0 cm³/mol. The van der Waals surface area contributed by atoms with E-state index in [4.69, 9.17) is 0 Å². The van der Waals surface area contributed by atoms with Gasteiger partial charge in [0.15, 0.2) is 0 Å². The number of rotatable bonds is 2. The summed E-state index contributed by atoms with van der Waals surface area (Å²) >= 11 is 0. The molecule has 0 aromatic carbocycles. The Hall–Kier alpha value is -2.37. The molecule has 2 aromatic heterocycles. The van der Waals surface area contributed by atoms with Crippen LogP contribution >= 0.6 is 0 Å². The van der Waals surface area contributed by atoms with Gasteiger partial charge in [-0.25, -0.2) is 14.8 Å². The highest BCUT2D eigenvalue weighted by molar-refractivity contribution is 5.89. The SMILES string of the molecule is Cc1nccn1-c1ccc(NC(=O)NC(C)(C)C)cn1. The molecule has 6 nitrogen and oxygen atoms in total. The average Bonchev–Trinajstić information content (AvgIpc) is 2.74. The fraction of sp³-hybridized carbons (Fsp3) is 0.357. The van der Waals surface area contributed by atoms with Crippen LogP contribution in [0.2, 0.25) is 0 Å². The summed E-state index contributed by atoms with van der Waals surface area (Å²) in [6.45, 7) is 7.69. The van der Waals surface area contributed by atoms with Crippen molar-refractivity contribution in [3.63, 3.8) is 0 Å². The van der Waals surface area contributed by atoms with Gasteiger partial charge >= 0.3 is 6.03 Å². The Labute approximate surface area is 118 Å². The van der Waals surface area contributed by atoms with Gasteiger partial charge in [-0.05, 0) is 39.8 Å². The molecule has 2 rings (SSSR count). The largest absolute Gasteiger partial charge is 0.333 e. The Morgan fingerprint density at radius 2 is 2.00 bits per heavy atom. The number of pyridine rings is 1. The summed E-state index contributed by atoms with van der Waals surface area (Å²) in [6.07, 6.45) is 5.19. The first-order chi connectivity index (χ1) is 9.35. The van der Waals surface area contributed by atoms with E-state index in [1.807, 2.05) is 50.6 Å². The van der Waals surface area contributed by atoms with Crippen LogP contribution in [0.5, 0.6) is 0 Å². The number of aryl methyl sites for hydroxylation is 1. The molecule has 0 aliphatic rings. The van der Waals surface area contributed by atoms with Crippen molar-refractivity contribution in [2.45, 2.75) is 33.2 Å². The van der Waals surface area contributed by atoms with E-state index >= 15 is 0 Å². The van der Waals surface area contributed by atoms with Crippen LogP contribution in [0.15, 0.2) is 30.7 Å². The first-order valence-electron chi connectivity index (χ1n) is 6.41. The quantitative estimate of drug-likeness (QED) is 0.883. The molecular formula is C14H19N5O. The maximum atomic E-state index is 11.7. The fourth-order valence-electron chi connectivity index (χ4n) is 1.73. The number of hydrogen-bond donors (Lipinski definition) is 2. The lowest BCUT2D eigenvalue weighted by Crippen LogP contribution is -2.43. The number of amides is 2. The lowest BCUT2D eigenvalue weighted by Gasteiger charge is -2.20. The maximum Gasteiger partial charge on any atom is 0.319 e. The van der Waals surface area contributed by atoms with Crippen molar-refractivity contribution in [2.24, 2.45) is 0 Å². The van der Waals surface area contributed by atoms with Crippen molar-refractivity contribution in [1.29, 1.82) is 0 Å². The van der Waals surface area contributed by atoms with Gasteiger partial charge < -0.3 is 10.6 Å². The highest BCUT2D eigenvalue weighted by Gasteiger charge is 2.13. The van der Waals surface area contributed by atoms with E-state index < -0.39 is 0 Å². The summed E-state index contributed by atoms with van der Waals surface area (Å²) in [5, 5.41) is 5.57. The number of anilines is 1. The molecule has 0 atom stereocenters. The number of carbonyl (C=O) groups excluding carboxylic acids is 1. The highest BCUT2D eigenvalue weighted by atomic mass is 16.2. The molecule has 2 heterocycles. The predicted octanol–water partition coefficient (Wildman–Crippen LogP) is 2.50. The molecule has 0 aliphatic carbocycles. The first-order valence-corrected chi connectivity index (χ1v) is 6.41. The van der Waals surface area contributed by atoms with Crippen LogP contribution in [0.4, 0.5) is 10.5 Å². The monoisotopic (exact) mass is 273 g/mol. The molecule has 0 spiro atoms. The Kier molecular flexibility index (Phi) is 3.74. The lowest BCUT2D eigenvalue weighted by molar-refractivity contribution is 0.244. The molecule has 2 aromatic rings. The molecule has 2 N–H and O–H groups in total. The highest BCUT2D eigenvalue weighted by Crippen LogP contribution is 2.11. The summed E-state index contributed by atoms with van der Waals surface area (Å²) in [5.41, 5.74) is 0.374. The third kappa shape index (κ3) is 3.57. The number of hydrogen-bond acceptors (Lipinski definition) is 3. The van der Waals surface area contributed by atoms with E-state index in [0.29, 0.717) is 5.69 Å². The number of nitrogens with one attached hydrogen (secondary N) is 2. The minimum atomic E-state index is -0.272. The van der Waals surface area contributed by atoms with Crippen molar-refractivity contribution < 1.29 is 4.79 Å². The van der Waals surface area contributed by atoms with E-state index in [1.54, 1.807) is 12.4 Å². The van der Waals surface area contributed by atoms with Crippen molar-refractivity contribution >= 4 is 11.7 Å². The van der Waals surface area contributed by atoms with Gasteiger partial charge in [0.05, 0.1) is 11.9 Å². The third-order valence-corrected chi connectivity index (χ3v) is 2.57. The van der Waals surface area contributed by atoms with Crippen molar-refractivity contribution in [1.82, 2.24) is 19.9 Å². The van der Waals surface area contributed by atoms with Crippen LogP contribution in [0.25, 0.3) is 5.82 Å². The molecule has 0 saturated heterocycles. The van der Waals surface area contributed by atoms with Gasteiger partial charge in [-0.2, -0.15) is 0 Å². The first kappa shape index (κ1) is 14.0. The topological polar surface area (TPSA) is 71.8 Å². The zero-order valence-electron chi connectivity index (χ0n) is 12.1. The molecule has 2 amide bonds. The number of nitrogens with zero attached hydrogens (tertiary/aromatic N) is 3. The average molecular weight is 273 g/mol. The second-order valence-electron chi connectivity index (χ2n) is 5.58. The molecule has 0 aliphatic heterocycles. The van der Waals surface area contributed by atoms with Crippen LogP contribution in [-0.4, -0.2) is 26.1 Å². The third-order valence-electron chi connectivity index (χ3n) is 2.57. The maximum absolute atomic E-state index is 11.7. The summed E-state index contributed by atoms with van der Waals surface area (Å²) in [4.78, 5) is 20.2. The van der Waals surface area contributed by atoms with Crippen LogP contribution < -0.4 is 10.6 Å². The summed E-state index contributed by atoms with van der Waals surface area (Å²) in [7, 11) is 0. The number of urea groups is 1. The summed E-state index contributed by atoms with van der Waals surface area (Å²) < 4.78 is 1.87. The summed E-state index contributed by atoms with van der Waals surface area (Å²) in [6, 6.07) is 3.40. The van der Waals surface area contributed by atoms with E-state index in [-0.39, 0.29) is 11.6 Å².